The lowest BCUT2D eigenvalue weighted by molar-refractivity contribution is -0.157. The fraction of sp³-hybridized carbons (Fsp3) is 0.286. The van der Waals surface area contributed by atoms with Crippen LogP contribution in [0.4, 0.5) is 0 Å². The van der Waals surface area contributed by atoms with Crippen LogP contribution in [0.15, 0.2) is 55.0 Å². The number of esters is 1. The summed E-state index contributed by atoms with van der Waals surface area (Å²) >= 11 is 0. The third kappa shape index (κ3) is 5.54. The van der Waals surface area contributed by atoms with Crippen molar-refractivity contribution in [2.45, 2.75) is 33.3 Å². The molecule has 0 aliphatic rings. The van der Waals surface area contributed by atoms with E-state index in [0.717, 1.165) is 38.9 Å². The minimum atomic E-state index is -0.556. The van der Waals surface area contributed by atoms with Crippen LogP contribution < -0.4 is 14.2 Å². The van der Waals surface area contributed by atoms with E-state index in [1.54, 1.807) is 26.7 Å². The molecule has 4 rings (SSSR count). The summed E-state index contributed by atoms with van der Waals surface area (Å²) in [6, 6.07) is 13.5. The van der Waals surface area contributed by atoms with E-state index in [1.165, 1.54) is 0 Å². The van der Waals surface area contributed by atoms with Crippen LogP contribution in [0.25, 0.3) is 33.2 Å². The number of pyridine rings is 1. The maximum atomic E-state index is 12.0. The highest BCUT2D eigenvalue weighted by Crippen LogP contribution is 2.36. The summed E-state index contributed by atoms with van der Waals surface area (Å²) in [6.07, 6.45) is 3.32. The van der Waals surface area contributed by atoms with Crippen LogP contribution in [0, 0.1) is 6.92 Å². The molecule has 2 heterocycles. The molecule has 0 unspecified atom stereocenters. The molecule has 0 N–H and O–H groups in total. The number of aryl methyl sites for hydroxylation is 1. The molecule has 0 spiro atoms. The zero-order valence-electron chi connectivity index (χ0n) is 21.3. The number of aromatic nitrogens is 3. The Kier molecular flexibility index (Phi) is 7.05. The molecule has 36 heavy (non-hydrogen) atoms. The van der Waals surface area contributed by atoms with Gasteiger partial charge in [-0.2, -0.15) is 0 Å². The maximum absolute atomic E-state index is 12.0. The molecule has 4 aromatic rings. The van der Waals surface area contributed by atoms with Gasteiger partial charge in [0, 0.05) is 28.4 Å². The summed E-state index contributed by atoms with van der Waals surface area (Å²) in [4.78, 5) is 25.3. The van der Waals surface area contributed by atoms with Crippen LogP contribution in [0.2, 0.25) is 0 Å². The van der Waals surface area contributed by atoms with Crippen molar-refractivity contribution in [1.29, 1.82) is 0 Å². The summed E-state index contributed by atoms with van der Waals surface area (Å²) in [5.41, 5.74) is 4.83. The molecule has 0 atom stereocenters. The number of carbonyl (C=O) groups excluding carboxylic acids is 1. The number of methoxy groups -OCH3 is 2. The molecular weight excluding hydrogens is 458 g/mol. The fourth-order valence-corrected chi connectivity index (χ4v) is 3.81. The van der Waals surface area contributed by atoms with Crippen molar-refractivity contribution in [2.24, 2.45) is 0 Å². The minimum Gasteiger partial charge on any atom is -0.491 e. The quantitative estimate of drug-likeness (QED) is 0.320. The molecule has 186 valence electrons. The van der Waals surface area contributed by atoms with Crippen LogP contribution >= 0.6 is 0 Å². The number of hydrogen-bond donors (Lipinski definition) is 0. The van der Waals surface area contributed by atoms with Gasteiger partial charge >= 0.3 is 5.97 Å². The number of rotatable bonds is 7. The number of fused-ring (bicyclic) bond motifs is 1. The van der Waals surface area contributed by atoms with E-state index in [0.29, 0.717) is 17.4 Å². The van der Waals surface area contributed by atoms with Crippen LogP contribution in [-0.4, -0.2) is 47.3 Å². The molecule has 0 radical (unpaired) electrons. The van der Waals surface area contributed by atoms with Crippen LogP contribution in [0.3, 0.4) is 0 Å². The summed E-state index contributed by atoms with van der Waals surface area (Å²) in [7, 11) is 3.14. The van der Waals surface area contributed by atoms with E-state index in [9.17, 15) is 4.79 Å². The van der Waals surface area contributed by atoms with Crippen molar-refractivity contribution in [3.63, 3.8) is 0 Å². The average Bonchev–Trinajstić information content (AvgIpc) is 2.86. The zero-order chi connectivity index (χ0) is 25.9. The largest absolute Gasteiger partial charge is 0.491 e. The Labute approximate surface area is 210 Å². The highest BCUT2D eigenvalue weighted by atomic mass is 16.6. The van der Waals surface area contributed by atoms with E-state index in [1.807, 2.05) is 58.0 Å². The fourth-order valence-electron chi connectivity index (χ4n) is 3.81. The van der Waals surface area contributed by atoms with Gasteiger partial charge in [0.15, 0.2) is 12.4 Å². The molecule has 2 aromatic heterocycles. The summed E-state index contributed by atoms with van der Waals surface area (Å²) in [5, 5.41) is 0.935. The summed E-state index contributed by atoms with van der Waals surface area (Å²) < 4.78 is 21.6. The highest BCUT2D eigenvalue weighted by Gasteiger charge is 2.17. The van der Waals surface area contributed by atoms with E-state index in [-0.39, 0.29) is 6.61 Å². The molecule has 0 aliphatic heterocycles. The highest BCUT2D eigenvalue weighted by molar-refractivity contribution is 5.98. The Morgan fingerprint density at radius 2 is 1.64 bits per heavy atom. The molecule has 0 bridgehead atoms. The second-order valence-electron chi connectivity index (χ2n) is 9.21. The van der Waals surface area contributed by atoms with Gasteiger partial charge in [-0.05, 0) is 69.2 Å². The Morgan fingerprint density at radius 1 is 0.889 bits per heavy atom. The smallest absolute Gasteiger partial charge is 0.344 e. The SMILES string of the molecule is COc1cc(-c2cc(-c3ccc(OCC(=O)OC(C)(C)C)cc3)c3ncnc(C)c3c2)cnc1OC. The van der Waals surface area contributed by atoms with Crippen molar-refractivity contribution < 1.29 is 23.7 Å². The first-order chi connectivity index (χ1) is 17.2. The van der Waals surface area contributed by atoms with Crippen molar-refractivity contribution in [3.05, 3.63) is 60.7 Å². The third-order valence-corrected chi connectivity index (χ3v) is 5.44. The van der Waals surface area contributed by atoms with Crippen molar-refractivity contribution in [1.82, 2.24) is 15.0 Å². The molecule has 0 saturated carbocycles. The van der Waals surface area contributed by atoms with Crippen LogP contribution in [-0.2, 0) is 9.53 Å². The first-order valence-corrected chi connectivity index (χ1v) is 11.5. The van der Waals surface area contributed by atoms with Crippen molar-refractivity contribution in [2.75, 3.05) is 20.8 Å². The Hall–Kier alpha value is -4.20. The first-order valence-electron chi connectivity index (χ1n) is 11.5. The minimum absolute atomic E-state index is 0.159. The molecule has 0 amide bonds. The van der Waals surface area contributed by atoms with Crippen molar-refractivity contribution in [3.8, 4) is 39.6 Å². The number of ether oxygens (including phenoxy) is 4. The number of benzene rings is 2. The summed E-state index contributed by atoms with van der Waals surface area (Å²) in [5.74, 6) is 1.12. The van der Waals surface area contributed by atoms with Gasteiger partial charge in [0.25, 0.3) is 5.88 Å². The van der Waals surface area contributed by atoms with Gasteiger partial charge in [-0.1, -0.05) is 12.1 Å². The van der Waals surface area contributed by atoms with Crippen molar-refractivity contribution >= 4 is 16.9 Å². The molecule has 2 aromatic carbocycles. The van der Waals surface area contributed by atoms with E-state index >= 15 is 0 Å². The second-order valence-corrected chi connectivity index (χ2v) is 9.21. The van der Waals surface area contributed by atoms with Crippen LogP contribution in [0.1, 0.15) is 26.5 Å². The molecule has 8 heteroatoms. The summed E-state index contributed by atoms with van der Waals surface area (Å²) in [6.45, 7) is 7.26. The van der Waals surface area contributed by atoms with Gasteiger partial charge in [-0.3, -0.25) is 0 Å². The number of nitrogens with zero attached hydrogens (tertiary/aromatic N) is 3. The number of hydrogen-bond acceptors (Lipinski definition) is 8. The first kappa shape index (κ1) is 24.9. The van der Waals surface area contributed by atoms with E-state index < -0.39 is 11.6 Å². The standard InChI is InChI=1S/C28H29N3O5/c1-17-22-11-19(20-13-24(33-5)27(34-6)29-14-20)12-23(26(22)31-16-30-17)18-7-9-21(10-8-18)35-15-25(32)36-28(2,3)4/h7-14,16H,15H2,1-6H3. The molecule has 0 fully saturated rings. The Balaban J connectivity index is 1.70. The third-order valence-electron chi connectivity index (χ3n) is 5.44. The normalized spacial score (nSPS) is 11.3. The van der Waals surface area contributed by atoms with Gasteiger partial charge < -0.3 is 18.9 Å². The lowest BCUT2D eigenvalue weighted by Crippen LogP contribution is -2.27. The predicted molar refractivity (Wildman–Crippen MR) is 137 cm³/mol. The zero-order valence-corrected chi connectivity index (χ0v) is 21.3. The number of carbonyl (C=O) groups is 1. The van der Waals surface area contributed by atoms with Gasteiger partial charge in [0.05, 0.1) is 19.7 Å². The second kappa shape index (κ2) is 10.2. The van der Waals surface area contributed by atoms with Crippen LogP contribution in [0.5, 0.6) is 17.4 Å². The lowest BCUT2D eigenvalue weighted by atomic mass is 9.95. The van der Waals surface area contributed by atoms with E-state index in [4.69, 9.17) is 18.9 Å². The van der Waals surface area contributed by atoms with E-state index in [2.05, 4.69) is 27.1 Å². The predicted octanol–water partition coefficient (Wildman–Crippen LogP) is 5.40. The van der Waals surface area contributed by atoms with Gasteiger partial charge in [0.1, 0.15) is 17.7 Å². The Bertz CT molecular complexity index is 1400. The molecule has 0 aliphatic carbocycles. The molecular formula is C28H29N3O5. The van der Waals surface area contributed by atoms with Gasteiger partial charge in [-0.15, -0.1) is 0 Å². The van der Waals surface area contributed by atoms with Gasteiger partial charge in [0.2, 0.25) is 0 Å². The van der Waals surface area contributed by atoms with Gasteiger partial charge in [-0.25, -0.2) is 19.7 Å². The monoisotopic (exact) mass is 487 g/mol. The average molecular weight is 488 g/mol. The lowest BCUT2D eigenvalue weighted by Gasteiger charge is -2.19. The molecule has 0 saturated heterocycles. The Morgan fingerprint density at radius 3 is 2.31 bits per heavy atom. The topological polar surface area (TPSA) is 92.7 Å². The molecule has 8 nitrogen and oxygen atoms in total. The maximum Gasteiger partial charge on any atom is 0.344 e.